The van der Waals surface area contributed by atoms with Crippen LogP contribution in [0.3, 0.4) is 0 Å². The molecule has 1 unspecified atom stereocenters. The van der Waals surface area contributed by atoms with Crippen molar-refractivity contribution in [2.24, 2.45) is 5.73 Å². The van der Waals surface area contributed by atoms with Crippen LogP contribution in [0.25, 0.3) is 0 Å². The third kappa shape index (κ3) is 4.71. The van der Waals surface area contributed by atoms with Crippen LogP contribution in [-0.4, -0.2) is 24.8 Å². The van der Waals surface area contributed by atoms with Gasteiger partial charge in [0.15, 0.2) is 0 Å². The van der Waals surface area contributed by atoms with Gasteiger partial charge in [-0.25, -0.2) is 4.39 Å². The molecule has 0 saturated heterocycles. The molecule has 1 atom stereocenters. The molecule has 0 heterocycles. The highest BCUT2D eigenvalue weighted by molar-refractivity contribution is 9.10. The molecule has 17 heavy (non-hydrogen) atoms. The summed E-state index contributed by atoms with van der Waals surface area (Å²) in [5, 5.41) is 11.9. The Kier molecular flexibility index (Phi) is 6.65. The second-order valence-electron chi connectivity index (χ2n) is 3.84. The summed E-state index contributed by atoms with van der Waals surface area (Å²) >= 11 is 3.22. The Morgan fingerprint density at radius 2 is 2.18 bits per heavy atom. The van der Waals surface area contributed by atoms with Crippen molar-refractivity contribution >= 4 is 15.9 Å². The molecular weight excluding hydrogens is 287 g/mol. The van der Waals surface area contributed by atoms with Gasteiger partial charge in [0.1, 0.15) is 5.82 Å². The zero-order valence-electron chi connectivity index (χ0n) is 9.63. The fourth-order valence-corrected chi connectivity index (χ4v) is 1.95. The summed E-state index contributed by atoms with van der Waals surface area (Å²) in [4.78, 5) is 0. The van der Waals surface area contributed by atoms with Crippen molar-refractivity contribution in [1.82, 2.24) is 5.32 Å². The van der Waals surface area contributed by atoms with Gasteiger partial charge in [-0.1, -0.05) is 22.0 Å². The fourth-order valence-electron chi connectivity index (χ4n) is 1.62. The summed E-state index contributed by atoms with van der Waals surface area (Å²) in [6.07, 6.45) is 1.60. The average molecular weight is 305 g/mol. The SMILES string of the molecule is NCC(NCCCCO)c1ccc(Br)cc1F. The molecule has 5 heteroatoms. The standard InChI is InChI=1S/C12H18BrFN2O/c13-9-3-4-10(11(14)7-9)12(8-15)16-5-1-2-6-17/h3-4,7,12,16-17H,1-2,5-6,8,15H2. The molecule has 0 aliphatic heterocycles. The highest BCUT2D eigenvalue weighted by atomic mass is 79.9. The van der Waals surface area contributed by atoms with E-state index in [1.807, 2.05) is 0 Å². The van der Waals surface area contributed by atoms with Gasteiger partial charge in [0, 0.05) is 29.2 Å². The molecule has 0 saturated carbocycles. The minimum Gasteiger partial charge on any atom is -0.396 e. The van der Waals surface area contributed by atoms with E-state index < -0.39 is 0 Å². The van der Waals surface area contributed by atoms with Gasteiger partial charge >= 0.3 is 0 Å². The normalized spacial score (nSPS) is 12.7. The van der Waals surface area contributed by atoms with Crippen LogP contribution in [0.15, 0.2) is 22.7 Å². The zero-order valence-corrected chi connectivity index (χ0v) is 11.2. The van der Waals surface area contributed by atoms with Crippen molar-refractivity contribution in [1.29, 1.82) is 0 Å². The van der Waals surface area contributed by atoms with Gasteiger partial charge < -0.3 is 16.2 Å². The van der Waals surface area contributed by atoms with Crippen LogP contribution in [0.4, 0.5) is 4.39 Å². The maximum atomic E-state index is 13.7. The van der Waals surface area contributed by atoms with Gasteiger partial charge in [-0.05, 0) is 31.5 Å². The first kappa shape index (κ1) is 14.6. The molecule has 0 bridgehead atoms. The monoisotopic (exact) mass is 304 g/mol. The van der Waals surface area contributed by atoms with Gasteiger partial charge in [0.25, 0.3) is 0 Å². The maximum absolute atomic E-state index is 13.7. The van der Waals surface area contributed by atoms with Crippen LogP contribution in [0.2, 0.25) is 0 Å². The van der Waals surface area contributed by atoms with E-state index in [4.69, 9.17) is 10.8 Å². The molecule has 4 N–H and O–H groups in total. The van der Waals surface area contributed by atoms with Crippen molar-refractivity contribution in [3.8, 4) is 0 Å². The molecule has 0 spiro atoms. The van der Waals surface area contributed by atoms with Crippen LogP contribution in [-0.2, 0) is 0 Å². The Labute approximate surface area is 109 Å². The maximum Gasteiger partial charge on any atom is 0.129 e. The van der Waals surface area contributed by atoms with E-state index in [2.05, 4.69) is 21.2 Å². The lowest BCUT2D eigenvalue weighted by atomic mass is 10.1. The molecule has 0 fully saturated rings. The lowest BCUT2D eigenvalue weighted by molar-refractivity contribution is 0.282. The first-order chi connectivity index (χ1) is 8.19. The van der Waals surface area contributed by atoms with Gasteiger partial charge in [0.2, 0.25) is 0 Å². The number of hydrogen-bond donors (Lipinski definition) is 3. The summed E-state index contributed by atoms with van der Waals surface area (Å²) in [6.45, 7) is 1.25. The van der Waals surface area contributed by atoms with E-state index in [1.165, 1.54) is 6.07 Å². The summed E-state index contributed by atoms with van der Waals surface area (Å²) in [7, 11) is 0. The van der Waals surface area contributed by atoms with E-state index in [9.17, 15) is 4.39 Å². The molecule has 0 aliphatic rings. The van der Waals surface area contributed by atoms with Crippen LogP contribution in [0.5, 0.6) is 0 Å². The van der Waals surface area contributed by atoms with Gasteiger partial charge in [-0.2, -0.15) is 0 Å². The number of rotatable bonds is 7. The average Bonchev–Trinajstić information content (AvgIpc) is 2.31. The minimum absolute atomic E-state index is 0.179. The number of hydrogen-bond acceptors (Lipinski definition) is 3. The van der Waals surface area contributed by atoms with E-state index in [1.54, 1.807) is 12.1 Å². The van der Waals surface area contributed by atoms with Crippen LogP contribution < -0.4 is 11.1 Å². The molecule has 3 nitrogen and oxygen atoms in total. The van der Waals surface area contributed by atoms with E-state index in [-0.39, 0.29) is 18.5 Å². The molecule has 96 valence electrons. The van der Waals surface area contributed by atoms with Gasteiger partial charge in [-0.15, -0.1) is 0 Å². The topological polar surface area (TPSA) is 58.3 Å². The molecular formula is C12H18BrFN2O. The minimum atomic E-state index is -0.260. The van der Waals surface area contributed by atoms with Crippen molar-refractivity contribution < 1.29 is 9.50 Å². The van der Waals surface area contributed by atoms with Crippen LogP contribution in [0, 0.1) is 5.82 Å². The molecule has 1 rings (SSSR count). The molecule has 1 aromatic rings. The second-order valence-corrected chi connectivity index (χ2v) is 4.75. The summed E-state index contributed by atoms with van der Waals surface area (Å²) < 4.78 is 14.4. The predicted octanol–water partition coefficient (Wildman–Crippen LogP) is 1.95. The lowest BCUT2D eigenvalue weighted by Gasteiger charge is -2.18. The zero-order chi connectivity index (χ0) is 12.7. The predicted molar refractivity (Wildman–Crippen MR) is 70.2 cm³/mol. The quantitative estimate of drug-likeness (QED) is 0.675. The summed E-state index contributed by atoms with van der Waals surface area (Å²) in [5.74, 6) is -0.260. The first-order valence-electron chi connectivity index (χ1n) is 5.68. The Hall–Kier alpha value is -0.490. The van der Waals surface area contributed by atoms with Crippen LogP contribution in [0.1, 0.15) is 24.4 Å². The number of benzene rings is 1. The third-order valence-corrected chi connectivity index (χ3v) is 3.04. The Balaban J connectivity index is 2.59. The lowest BCUT2D eigenvalue weighted by Crippen LogP contribution is -2.29. The van der Waals surface area contributed by atoms with Crippen molar-refractivity contribution in [2.75, 3.05) is 19.7 Å². The molecule has 0 radical (unpaired) electrons. The Morgan fingerprint density at radius 3 is 2.76 bits per heavy atom. The largest absolute Gasteiger partial charge is 0.396 e. The third-order valence-electron chi connectivity index (χ3n) is 2.55. The highest BCUT2D eigenvalue weighted by Gasteiger charge is 2.13. The van der Waals surface area contributed by atoms with Crippen molar-refractivity contribution in [3.63, 3.8) is 0 Å². The summed E-state index contributed by atoms with van der Waals surface area (Å²) in [5.41, 5.74) is 6.22. The molecule has 0 aromatic heterocycles. The smallest absolute Gasteiger partial charge is 0.129 e. The second kappa shape index (κ2) is 7.76. The number of unbranched alkanes of at least 4 members (excludes halogenated alkanes) is 1. The van der Waals surface area contributed by atoms with E-state index in [0.29, 0.717) is 12.1 Å². The van der Waals surface area contributed by atoms with Crippen LogP contribution >= 0.6 is 15.9 Å². The number of aliphatic hydroxyl groups excluding tert-OH is 1. The fraction of sp³-hybridized carbons (Fsp3) is 0.500. The van der Waals surface area contributed by atoms with E-state index >= 15 is 0 Å². The number of halogens is 2. The summed E-state index contributed by atoms with van der Waals surface area (Å²) in [6, 6.07) is 4.79. The first-order valence-corrected chi connectivity index (χ1v) is 6.47. The van der Waals surface area contributed by atoms with Crippen molar-refractivity contribution in [3.05, 3.63) is 34.1 Å². The number of nitrogens with one attached hydrogen (secondary N) is 1. The Morgan fingerprint density at radius 1 is 1.41 bits per heavy atom. The number of aliphatic hydroxyl groups is 1. The molecule has 0 amide bonds. The van der Waals surface area contributed by atoms with Crippen molar-refractivity contribution in [2.45, 2.75) is 18.9 Å². The molecule has 0 aliphatic carbocycles. The molecule has 1 aromatic carbocycles. The number of nitrogens with two attached hydrogens (primary N) is 1. The van der Waals surface area contributed by atoms with Gasteiger partial charge in [0.05, 0.1) is 0 Å². The van der Waals surface area contributed by atoms with E-state index in [0.717, 1.165) is 23.9 Å². The van der Waals surface area contributed by atoms with Gasteiger partial charge in [-0.3, -0.25) is 0 Å². The Bertz CT molecular complexity index is 349. The highest BCUT2D eigenvalue weighted by Crippen LogP contribution is 2.20.